The maximum atomic E-state index is 13.0. The number of hydrogen-bond donors (Lipinski definition) is 1. The Bertz CT molecular complexity index is 1290. The zero-order valence-corrected chi connectivity index (χ0v) is 19.6. The van der Waals surface area contributed by atoms with Crippen molar-refractivity contribution in [2.24, 2.45) is 0 Å². The van der Waals surface area contributed by atoms with Gasteiger partial charge in [0.1, 0.15) is 17.3 Å². The number of benzene rings is 2. The van der Waals surface area contributed by atoms with E-state index in [2.05, 4.69) is 20.4 Å². The Hall–Kier alpha value is -4.07. The van der Waals surface area contributed by atoms with Gasteiger partial charge in [-0.25, -0.2) is 19.0 Å². The molecule has 2 heterocycles. The van der Waals surface area contributed by atoms with E-state index in [0.717, 1.165) is 33.9 Å². The SMILES string of the molecule is Cc1cc(C)nc(-n2nc(C)c(CC(=O)NCc3ccc(Oc4ccc(F)cc4)cc3)c2C)n1. The largest absolute Gasteiger partial charge is 0.457 e. The molecule has 7 nitrogen and oxygen atoms in total. The summed E-state index contributed by atoms with van der Waals surface area (Å²) in [4.78, 5) is 21.6. The highest BCUT2D eigenvalue weighted by Crippen LogP contribution is 2.22. The van der Waals surface area contributed by atoms with Crippen molar-refractivity contribution in [3.05, 3.63) is 94.3 Å². The van der Waals surface area contributed by atoms with Crippen LogP contribution in [0.25, 0.3) is 5.95 Å². The number of ether oxygens (including phenoxy) is 1. The second kappa shape index (κ2) is 9.82. The first kappa shape index (κ1) is 23.1. The summed E-state index contributed by atoms with van der Waals surface area (Å²) in [6, 6.07) is 15.1. The zero-order chi connectivity index (χ0) is 24.2. The molecule has 2 aromatic carbocycles. The molecule has 0 unspecified atom stereocenters. The lowest BCUT2D eigenvalue weighted by molar-refractivity contribution is -0.120. The molecule has 2 aromatic heterocycles. The fourth-order valence-corrected chi connectivity index (χ4v) is 3.67. The molecule has 0 bridgehead atoms. The number of carbonyl (C=O) groups is 1. The molecule has 0 saturated heterocycles. The van der Waals surface area contributed by atoms with Gasteiger partial charge < -0.3 is 10.1 Å². The van der Waals surface area contributed by atoms with Gasteiger partial charge in [0.15, 0.2) is 0 Å². The lowest BCUT2D eigenvalue weighted by atomic mass is 10.1. The summed E-state index contributed by atoms with van der Waals surface area (Å²) in [6.45, 7) is 8.03. The summed E-state index contributed by atoms with van der Waals surface area (Å²) in [5.74, 6) is 1.29. The van der Waals surface area contributed by atoms with Crippen LogP contribution in [0.1, 0.15) is 33.9 Å². The van der Waals surface area contributed by atoms with E-state index < -0.39 is 0 Å². The monoisotopic (exact) mass is 459 g/mol. The Morgan fingerprint density at radius 3 is 2.15 bits per heavy atom. The molecular weight excluding hydrogens is 433 g/mol. The summed E-state index contributed by atoms with van der Waals surface area (Å²) in [7, 11) is 0. The topological polar surface area (TPSA) is 81.9 Å². The molecule has 1 N–H and O–H groups in total. The highest BCUT2D eigenvalue weighted by Gasteiger charge is 2.17. The number of amides is 1. The van der Waals surface area contributed by atoms with Gasteiger partial charge in [-0.05, 0) is 75.7 Å². The molecule has 0 aliphatic rings. The quantitative estimate of drug-likeness (QED) is 0.434. The van der Waals surface area contributed by atoms with Gasteiger partial charge in [0.2, 0.25) is 5.91 Å². The molecule has 0 aliphatic heterocycles. The standard InChI is InChI=1S/C26H26FN5O2/c1-16-13-17(2)30-26(29-16)32-19(4)24(18(3)31-32)14-25(33)28-15-20-5-9-22(10-6-20)34-23-11-7-21(27)8-12-23/h5-13H,14-15H2,1-4H3,(H,28,33). The maximum absolute atomic E-state index is 13.0. The number of aromatic nitrogens is 4. The minimum atomic E-state index is -0.310. The van der Waals surface area contributed by atoms with Gasteiger partial charge in [0.25, 0.3) is 5.95 Å². The Balaban J connectivity index is 1.37. The number of halogens is 1. The van der Waals surface area contributed by atoms with Gasteiger partial charge in [-0.2, -0.15) is 5.10 Å². The van der Waals surface area contributed by atoms with Gasteiger partial charge in [0, 0.05) is 29.2 Å². The number of aryl methyl sites for hydroxylation is 3. The molecule has 0 fully saturated rings. The van der Waals surface area contributed by atoms with Gasteiger partial charge in [-0.1, -0.05) is 12.1 Å². The van der Waals surface area contributed by atoms with E-state index in [4.69, 9.17) is 4.74 Å². The van der Waals surface area contributed by atoms with Gasteiger partial charge >= 0.3 is 0 Å². The van der Waals surface area contributed by atoms with Gasteiger partial charge in [-0.3, -0.25) is 4.79 Å². The third-order valence-electron chi connectivity index (χ3n) is 5.40. The number of hydrogen-bond acceptors (Lipinski definition) is 5. The zero-order valence-electron chi connectivity index (χ0n) is 19.6. The first-order chi connectivity index (χ1) is 16.3. The summed E-state index contributed by atoms with van der Waals surface area (Å²) < 4.78 is 20.4. The smallest absolute Gasteiger partial charge is 0.251 e. The van der Waals surface area contributed by atoms with Crippen molar-refractivity contribution in [3.63, 3.8) is 0 Å². The van der Waals surface area contributed by atoms with Crippen LogP contribution in [0, 0.1) is 33.5 Å². The van der Waals surface area contributed by atoms with Gasteiger partial charge in [-0.15, -0.1) is 0 Å². The van der Waals surface area contributed by atoms with E-state index >= 15 is 0 Å². The number of carbonyl (C=O) groups excluding carboxylic acids is 1. The maximum Gasteiger partial charge on any atom is 0.251 e. The average Bonchev–Trinajstić information content (AvgIpc) is 3.08. The van der Waals surface area contributed by atoms with Crippen molar-refractivity contribution in [1.29, 1.82) is 0 Å². The van der Waals surface area contributed by atoms with Crippen molar-refractivity contribution in [1.82, 2.24) is 25.1 Å². The van der Waals surface area contributed by atoms with E-state index in [0.29, 0.717) is 24.0 Å². The van der Waals surface area contributed by atoms with Crippen LogP contribution >= 0.6 is 0 Å². The van der Waals surface area contributed by atoms with Crippen LogP contribution in [-0.2, 0) is 17.8 Å². The van der Waals surface area contributed by atoms with Crippen molar-refractivity contribution in [2.45, 2.75) is 40.7 Å². The normalized spacial score (nSPS) is 10.9. The highest BCUT2D eigenvalue weighted by atomic mass is 19.1. The summed E-state index contributed by atoms with van der Waals surface area (Å²) in [5.41, 5.74) is 5.15. The van der Waals surface area contributed by atoms with Crippen LogP contribution in [0.3, 0.4) is 0 Å². The second-order valence-electron chi connectivity index (χ2n) is 8.17. The molecule has 8 heteroatoms. The summed E-state index contributed by atoms with van der Waals surface area (Å²) >= 11 is 0. The van der Waals surface area contributed by atoms with Gasteiger partial charge in [0.05, 0.1) is 12.1 Å². The molecule has 0 aliphatic carbocycles. The van der Waals surface area contributed by atoms with E-state index in [-0.39, 0.29) is 18.1 Å². The molecule has 0 radical (unpaired) electrons. The molecule has 0 saturated carbocycles. The van der Waals surface area contributed by atoms with Crippen molar-refractivity contribution < 1.29 is 13.9 Å². The lowest BCUT2D eigenvalue weighted by Gasteiger charge is -2.09. The molecule has 1 amide bonds. The third kappa shape index (κ3) is 5.46. The first-order valence-corrected chi connectivity index (χ1v) is 11.0. The molecule has 4 rings (SSSR count). The Kier molecular flexibility index (Phi) is 6.67. The summed E-state index contributed by atoms with van der Waals surface area (Å²) in [6.07, 6.45) is 0.216. The highest BCUT2D eigenvalue weighted by molar-refractivity contribution is 5.79. The van der Waals surface area contributed by atoms with Crippen molar-refractivity contribution in [2.75, 3.05) is 0 Å². The number of nitrogens with one attached hydrogen (secondary N) is 1. The van der Waals surface area contributed by atoms with E-state index in [1.54, 1.807) is 16.8 Å². The van der Waals surface area contributed by atoms with Crippen LogP contribution in [0.4, 0.5) is 4.39 Å². The number of nitrogens with zero attached hydrogens (tertiary/aromatic N) is 4. The van der Waals surface area contributed by atoms with Crippen LogP contribution in [-0.4, -0.2) is 25.7 Å². The number of rotatable bonds is 7. The molecule has 4 aromatic rings. The molecule has 0 atom stereocenters. The van der Waals surface area contributed by atoms with Crippen molar-refractivity contribution in [3.8, 4) is 17.4 Å². The van der Waals surface area contributed by atoms with E-state index in [9.17, 15) is 9.18 Å². The molecule has 174 valence electrons. The fourth-order valence-electron chi connectivity index (χ4n) is 3.67. The third-order valence-corrected chi connectivity index (χ3v) is 5.40. The predicted octanol–water partition coefficient (Wildman–Crippen LogP) is 4.69. The molecular formula is C26H26FN5O2. The van der Waals surface area contributed by atoms with E-state index in [1.165, 1.54) is 12.1 Å². The Morgan fingerprint density at radius 2 is 1.53 bits per heavy atom. The Labute approximate surface area is 197 Å². The summed E-state index contributed by atoms with van der Waals surface area (Å²) in [5, 5.41) is 7.51. The lowest BCUT2D eigenvalue weighted by Crippen LogP contribution is -2.25. The predicted molar refractivity (Wildman–Crippen MR) is 127 cm³/mol. The van der Waals surface area contributed by atoms with Crippen LogP contribution in [0.15, 0.2) is 54.6 Å². The Morgan fingerprint density at radius 1 is 0.941 bits per heavy atom. The van der Waals surface area contributed by atoms with E-state index in [1.807, 2.05) is 58.0 Å². The van der Waals surface area contributed by atoms with Crippen molar-refractivity contribution >= 4 is 5.91 Å². The van der Waals surface area contributed by atoms with Crippen LogP contribution in [0.5, 0.6) is 11.5 Å². The minimum Gasteiger partial charge on any atom is -0.457 e. The fraction of sp³-hybridized carbons (Fsp3) is 0.231. The van der Waals surface area contributed by atoms with Crippen LogP contribution in [0.2, 0.25) is 0 Å². The average molecular weight is 460 g/mol. The van der Waals surface area contributed by atoms with Crippen LogP contribution < -0.4 is 10.1 Å². The molecule has 34 heavy (non-hydrogen) atoms. The molecule has 0 spiro atoms. The second-order valence-corrected chi connectivity index (χ2v) is 8.17. The minimum absolute atomic E-state index is 0.0984. The first-order valence-electron chi connectivity index (χ1n) is 11.0.